The number of cyclic esters (lactones) is 1. The third kappa shape index (κ3) is 3.24. The van der Waals surface area contributed by atoms with E-state index in [0.29, 0.717) is 42.1 Å². The van der Waals surface area contributed by atoms with Crippen molar-refractivity contribution in [2.45, 2.75) is 51.9 Å². The number of carbonyl (C=O) groups is 2. The summed E-state index contributed by atoms with van der Waals surface area (Å²) in [7, 11) is 0. The molecule has 2 aromatic heterocycles. The summed E-state index contributed by atoms with van der Waals surface area (Å²) in [6.45, 7) is 3.99. The topological polar surface area (TPSA) is 108 Å². The van der Waals surface area contributed by atoms with E-state index in [0.717, 1.165) is 22.0 Å². The van der Waals surface area contributed by atoms with Crippen molar-refractivity contribution in [1.82, 2.24) is 9.55 Å². The Morgan fingerprint density at radius 1 is 1.27 bits per heavy atom. The molecule has 0 saturated carbocycles. The van der Waals surface area contributed by atoms with Crippen molar-refractivity contribution >= 4 is 22.8 Å². The van der Waals surface area contributed by atoms with Gasteiger partial charge in [-0.25, -0.2) is 9.78 Å². The molecule has 1 aromatic carbocycles. The first-order chi connectivity index (χ1) is 15.9. The SMILES string of the molecule is CCOC(=O)CCc1cccc2cc3c(nc12)-c1cc2c(c(=O)n1C3)COC(=O)C2(O)CC. The van der Waals surface area contributed by atoms with Gasteiger partial charge in [-0.05, 0) is 37.5 Å². The number of carbonyl (C=O) groups excluding carboxylic acids is 2. The maximum absolute atomic E-state index is 13.3. The first-order valence-corrected chi connectivity index (χ1v) is 11.1. The smallest absolute Gasteiger partial charge is 0.343 e. The number of aliphatic hydroxyl groups is 1. The summed E-state index contributed by atoms with van der Waals surface area (Å²) in [5.74, 6) is -1.00. The van der Waals surface area contributed by atoms with Crippen LogP contribution >= 0.6 is 0 Å². The molecule has 0 spiro atoms. The highest BCUT2D eigenvalue weighted by molar-refractivity contribution is 5.88. The molecule has 0 amide bonds. The summed E-state index contributed by atoms with van der Waals surface area (Å²) in [6.07, 6.45) is 0.832. The molecule has 8 heteroatoms. The molecule has 170 valence electrons. The minimum atomic E-state index is -1.85. The van der Waals surface area contributed by atoms with Crippen LogP contribution in [0.4, 0.5) is 0 Å². The van der Waals surface area contributed by atoms with Gasteiger partial charge in [0.25, 0.3) is 5.56 Å². The standard InChI is InChI=1S/C25H24N2O6/c1-3-25(31)18-11-19-22-16(12-27(19)23(29)17(18)13-33-24(25)30)10-15-7-5-6-14(21(15)26-22)8-9-20(28)32-4-2/h5-7,10-11,31H,3-4,8-9,12-13H2,1-2H3. The Morgan fingerprint density at radius 3 is 2.85 bits per heavy atom. The van der Waals surface area contributed by atoms with E-state index >= 15 is 0 Å². The second-order valence-electron chi connectivity index (χ2n) is 8.39. The van der Waals surface area contributed by atoms with E-state index in [2.05, 4.69) is 0 Å². The fourth-order valence-electron chi connectivity index (χ4n) is 4.74. The van der Waals surface area contributed by atoms with Crippen LogP contribution in [0, 0.1) is 0 Å². The lowest BCUT2D eigenvalue weighted by Crippen LogP contribution is -2.44. The van der Waals surface area contributed by atoms with E-state index in [1.807, 2.05) is 24.3 Å². The van der Waals surface area contributed by atoms with E-state index in [-0.39, 0.29) is 31.0 Å². The molecule has 1 atom stereocenters. The van der Waals surface area contributed by atoms with Gasteiger partial charge in [-0.3, -0.25) is 9.59 Å². The number of para-hydroxylation sites is 1. The Kier molecular flexibility index (Phi) is 5.05. The predicted molar refractivity (Wildman–Crippen MR) is 119 cm³/mol. The molecule has 0 radical (unpaired) electrons. The first kappa shape index (κ1) is 21.3. The number of pyridine rings is 2. The van der Waals surface area contributed by atoms with Crippen LogP contribution in [0.2, 0.25) is 0 Å². The van der Waals surface area contributed by atoms with Crippen molar-refractivity contribution in [3.05, 3.63) is 62.9 Å². The number of hydrogen-bond acceptors (Lipinski definition) is 7. The molecular formula is C25H24N2O6. The van der Waals surface area contributed by atoms with Gasteiger partial charge in [-0.2, -0.15) is 0 Å². The highest BCUT2D eigenvalue weighted by Crippen LogP contribution is 2.38. The molecule has 0 bridgehead atoms. The van der Waals surface area contributed by atoms with Crippen LogP contribution in [0.5, 0.6) is 0 Å². The number of ether oxygens (including phenoxy) is 2. The Hall–Kier alpha value is -3.52. The zero-order chi connectivity index (χ0) is 23.3. The number of hydrogen-bond donors (Lipinski definition) is 1. The van der Waals surface area contributed by atoms with Gasteiger partial charge in [0, 0.05) is 22.9 Å². The summed E-state index contributed by atoms with van der Waals surface area (Å²) in [5.41, 5.74) is 2.22. The molecule has 3 aromatic rings. The average molecular weight is 448 g/mol. The summed E-state index contributed by atoms with van der Waals surface area (Å²) < 4.78 is 11.8. The van der Waals surface area contributed by atoms with Crippen molar-refractivity contribution < 1.29 is 24.2 Å². The fourth-order valence-corrected chi connectivity index (χ4v) is 4.74. The lowest BCUT2D eigenvalue weighted by atomic mass is 9.86. The van der Waals surface area contributed by atoms with Crippen molar-refractivity contribution in [3.8, 4) is 11.4 Å². The molecule has 0 fully saturated rings. The Bertz CT molecular complexity index is 1380. The quantitative estimate of drug-likeness (QED) is 0.468. The number of rotatable bonds is 5. The van der Waals surface area contributed by atoms with Crippen molar-refractivity contribution in [1.29, 1.82) is 0 Å². The van der Waals surface area contributed by atoms with Gasteiger partial charge in [0.15, 0.2) is 5.60 Å². The third-order valence-electron chi connectivity index (χ3n) is 6.53. The predicted octanol–water partition coefficient (Wildman–Crippen LogP) is 2.58. The molecule has 1 N–H and O–H groups in total. The number of benzene rings is 1. The molecule has 2 aliphatic heterocycles. The van der Waals surface area contributed by atoms with Crippen LogP contribution in [0.25, 0.3) is 22.3 Å². The molecule has 2 aliphatic rings. The van der Waals surface area contributed by atoms with Crippen LogP contribution in [-0.4, -0.2) is 33.2 Å². The monoisotopic (exact) mass is 448 g/mol. The van der Waals surface area contributed by atoms with Crippen LogP contribution in [0.1, 0.15) is 48.9 Å². The summed E-state index contributed by atoms with van der Waals surface area (Å²) in [5, 5.41) is 11.9. The van der Waals surface area contributed by atoms with Crippen molar-refractivity contribution in [2.24, 2.45) is 0 Å². The summed E-state index contributed by atoms with van der Waals surface area (Å²) in [4.78, 5) is 42.3. The molecule has 8 nitrogen and oxygen atoms in total. The van der Waals surface area contributed by atoms with Crippen LogP contribution in [0.15, 0.2) is 35.1 Å². The average Bonchev–Trinajstić information content (AvgIpc) is 3.17. The normalized spacial score (nSPS) is 18.5. The Labute approximate surface area is 189 Å². The van der Waals surface area contributed by atoms with Crippen LogP contribution < -0.4 is 5.56 Å². The highest BCUT2D eigenvalue weighted by Gasteiger charge is 2.45. The van der Waals surface area contributed by atoms with Crippen molar-refractivity contribution in [2.75, 3.05) is 6.61 Å². The maximum Gasteiger partial charge on any atom is 0.343 e. The number of nitrogens with zero attached hydrogens (tertiary/aromatic N) is 2. The maximum atomic E-state index is 13.3. The van der Waals surface area contributed by atoms with Gasteiger partial charge in [-0.1, -0.05) is 25.1 Å². The van der Waals surface area contributed by atoms with Crippen LogP contribution in [0.3, 0.4) is 0 Å². The molecule has 1 unspecified atom stereocenters. The number of aryl methyl sites for hydroxylation is 1. The minimum Gasteiger partial charge on any atom is -0.466 e. The zero-order valence-electron chi connectivity index (χ0n) is 18.5. The van der Waals surface area contributed by atoms with Gasteiger partial charge in [0.05, 0.1) is 35.6 Å². The number of aromatic nitrogens is 2. The second kappa shape index (κ2) is 7.81. The second-order valence-corrected chi connectivity index (χ2v) is 8.39. The van der Waals surface area contributed by atoms with Gasteiger partial charge in [0.2, 0.25) is 0 Å². The third-order valence-corrected chi connectivity index (χ3v) is 6.53. The molecule has 0 saturated heterocycles. The van der Waals surface area contributed by atoms with E-state index in [1.54, 1.807) is 24.5 Å². The molecular weight excluding hydrogens is 424 g/mol. The van der Waals surface area contributed by atoms with E-state index < -0.39 is 11.6 Å². The van der Waals surface area contributed by atoms with Gasteiger partial charge in [-0.15, -0.1) is 0 Å². The van der Waals surface area contributed by atoms with E-state index in [9.17, 15) is 19.5 Å². The summed E-state index contributed by atoms with van der Waals surface area (Å²) in [6, 6.07) is 9.52. The van der Waals surface area contributed by atoms with Gasteiger partial charge in [0.1, 0.15) is 6.61 Å². The molecule has 4 heterocycles. The summed E-state index contributed by atoms with van der Waals surface area (Å²) >= 11 is 0. The van der Waals surface area contributed by atoms with Gasteiger partial charge < -0.3 is 19.1 Å². The Balaban J connectivity index is 1.64. The largest absolute Gasteiger partial charge is 0.466 e. The Morgan fingerprint density at radius 2 is 2.09 bits per heavy atom. The number of esters is 2. The minimum absolute atomic E-state index is 0.0950. The van der Waals surface area contributed by atoms with E-state index in [1.165, 1.54) is 0 Å². The fraction of sp³-hybridized carbons (Fsp3) is 0.360. The zero-order valence-corrected chi connectivity index (χ0v) is 18.5. The molecule has 5 rings (SSSR count). The van der Waals surface area contributed by atoms with Crippen molar-refractivity contribution in [3.63, 3.8) is 0 Å². The van der Waals surface area contributed by atoms with E-state index in [4.69, 9.17) is 14.5 Å². The van der Waals surface area contributed by atoms with Gasteiger partial charge >= 0.3 is 11.9 Å². The molecule has 33 heavy (non-hydrogen) atoms. The van der Waals surface area contributed by atoms with Crippen LogP contribution in [-0.2, 0) is 44.2 Å². The molecule has 0 aliphatic carbocycles. The highest BCUT2D eigenvalue weighted by atomic mass is 16.6. The lowest BCUT2D eigenvalue weighted by molar-refractivity contribution is -0.172. The first-order valence-electron chi connectivity index (χ1n) is 11.1. The number of fused-ring (bicyclic) bond motifs is 5. The lowest BCUT2D eigenvalue weighted by Gasteiger charge is -2.31.